The van der Waals surface area contributed by atoms with Crippen LogP contribution in [-0.2, 0) is 6.54 Å². The lowest BCUT2D eigenvalue weighted by Crippen LogP contribution is -2.08. The Labute approximate surface area is 144 Å². The van der Waals surface area contributed by atoms with Crippen LogP contribution in [0.5, 0.6) is 17.4 Å². The second-order valence-corrected chi connectivity index (χ2v) is 6.10. The van der Waals surface area contributed by atoms with E-state index in [1.807, 2.05) is 0 Å². The second kappa shape index (κ2) is 6.37. The zero-order chi connectivity index (χ0) is 17.3. The van der Waals surface area contributed by atoms with Gasteiger partial charge in [-0.1, -0.05) is 15.9 Å². The molecule has 7 heteroatoms. The molecule has 1 heterocycles. The molecule has 0 fully saturated rings. The van der Waals surface area contributed by atoms with Crippen molar-refractivity contribution in [2.45, 2.75) is 6.54 Å². The Morgan fingerprint density at radius 3 is 2.67 bits per heavy atom. The Bertz CT molecular complexity index is 1010. The lowest BCUT2D eigenvalue weighted by Gasteiger charge is -2.06. The van der Waals surface area contributed by atoms with Gasteiger partial charge in [0.15, 0.2) is 0 Å². The number of halogens is 1. The summed E-state index contributed by atoms with van der Waals surface area (Å²) in [5.41, 5.74) is 0.420. The smallest absolute Gasteiger partial charge is 0.258 e. The first-order valence-electron chi connectivity index (χ1n) is 7.01. The minimum absolute atomic E-state index is 0.0169. The molecule has 0 atom stereocenters. The van der Waals surface area contributed by atoms with E-state index in [0.717, 1.165) is 4.47 Å². The Morgan fingerprint density at radius 1 is 1.08 bits per heavy atom. The summed E-state index contributed by atoms with van der Waals surface area (Å²) in [6.07, 6.45) is 1.42. The molecular weight excluding hydrogens is 376 g/mol. The molecule has 0 aliphatic heterocycles. The molecule has 0 aliphatic carbocycles. The average molecular weight is 389 g/mol. The van der Waals surface area contributed by atoms with E-state index < -0.39 is 5.56 Å². The van der Waals surface area contributed by atoms with Crippen molar-refractivity contribution in [3.05, 3.63) is 62.4 Å². The third-order valence-electron chi connectivity index (χ3n) is 3.55. The highest BCUT2D eigenvalue weighted by atomic mass is 79.9. The maximum atomic E-state index is 11.9. The van der Waals surface area contributed by atoms with Gasteiger partial charge < -0.3 is 15.3 Å². The Kier molecular flexibility index (Phi) is 4.26. The van der Waals surface area contributed by atoms with Crippen molar-refractivity contribution in [3.8, 4) is 17.4 Å². The van der Waals surface area contributed by atoms with E-state index in [0.29, 0.717) is 21.9 Å². The molecule has 4 N–H and O–H groups in total. The number of benzene rings is 2. The van der Waals surface area contributed by atoms with Crippen LogP contribution in [-0.4, -0.2) is 26.5 Å². The molecule has 3 aromatic rings. The number of aromatic amines is 1. The third kappa shape index (κ3) is 3.11. The van der Waals surface area contributed by atoms with Crippen LogP contribution in [0.15, 0.2) is 50.7 Å². The summed E-state index contributed by atoms with van der Waals surface area (Å²) in [5.74, 6) is -0.239. The van der Waals surface area contributed by atoms with Gasteiger partial charge in [0.1, 0.15) is 11.5 Å². The molecule has 0 amide bonds. The summed E-state index contributed by atoms with van der Waals surface area (Å²) in [7, 11) is 0. The van der Waals surface area contributed by atoms with E-state index in [1.165, 1.54) is 24.4 Å². The lowest BCUT2D eigenvalue weighted by atomic mass is 10.1. The maximum absolute atomic E-state index is 11.9. The average Bonchev–Trinajstić information content (AvgIpc) is 2.53. The highest BCUT2D eigenvalue weighted by molar-refractivity contribution is 9.10. The van der Waals surface area contributed by atoms with E-state index in [-0.39, 0.29) is 23.9 Å². The predicted octanol–water partition coefficient (Wildman–Crippen LogP) is 3.03. The Morgan fingerprint density at radius 2 is 1.88 bits per heavy atom. The van der Waals surface area contributed by atoms with Gasteiger partial charge in [-0.25, -0.2) is 0 Å². The van der Waals surface area contributed by atoms with Gasteiger partial charge in [-0.3, -0.25) is 14.8 Å². The van der Waals surface area contributed by atoms with Crippen molar-refractivity contribution < 1.29 is 15.3 Å². The summed E-state index contributed by atoms with van der Waals surface area (Å²) in [4.78, 5) is 18.5. The minimum atomic E-state index is -0.391. The number of phenolic OH excluding ortho intramolecular Hbond substituents is 2. The number of aromatic nitrogens is 1. The highest BCUT2D eigenvalue weighted by Crippen LogP contribution is 2.25. The molecule has 0 spiro atoms. The van der Waals surface area contributed by atoms with Gasteiger partial charge in [0.2, 0.25) is 5.88 Å². The van der Waals surface area contributed by atoms with Crippen molar-refractivity contribution >= 4 is 32.9 Å². The zero-order valence-corrected chi connectivity index (χ0v) is 13.9. The van der Waals surface area contributed by atoms with Crippen LogP contribution >= 0.6 is 15.9 Å². The number of pyridine rings is 1. The van der Waals surface area contributed by atoms with Crippen LogP contribution in [0.3, 0.4) is 0 Å². The van der Waals surface area contributed by atoms with E-state index in [1.54, 1.807) is 18.2 Å². The van der Waals surface area contributed by atoms with Crippen LogP contribution in [0.2, 0.25) is 0 Å². The first-order chi connectivity index (χ1) is 11.5. The molecule has 0 saturated carbocycles. The fraction of sp³-hybridized carbons (Fsp3) is 0.0588. The molecule has 0 unspecified atom stereocenters. The number of hydrogen-bond acceptors (Lipinski definition) is 5. The first kappa shape index (κ1) is 16.1. The van der Waals surface area contributed by atoms with Crippen molar-refractivity contribution in [3.63, 3.8) is 0 Å². The first-order valence-corrected chi connectivity index (χ1v) is 7.80. The molecule has 24 heavy (non-hydrogen) atoms. The van der Waals surface area contributed by atoms with Gasteiger partial charge in [0.25, 0.3) is 5.56 Å². The Hall–Kier alpha value is -2.80. The van der Waals surface area contributed by atoms with Crippen LogP contribution in [0.4, 0.5) is 0 Å². The van der Waals surface area contributed by atoms with E-state index in [2.05, 4.69) is 25.9 Å². The summed E-state index contributed by atoms with van der Waals surface area (Å²) in [5, 5.41) is 30.2. The summed E-state index contributed by atoms with van der Waals surface area (Å²) in [6.45, 7) is 0.105. The van der Waals surface area contributed by atoms with Crippen LogP contribution in [0.25, 0.3) is 10.8 Å². The van der Waals surface area contributed by atoms with Crippen molar-refractivity contribution in [2.75, 3.05) is 0 Å². The quantitative estimate of drug-likeness (QED) is 0.408. The number of H-pyrrole nitrogens is 1. The molecule has 0 radical (unpaired) electrons. The van der Waals surface area contributed by atoms with E-state index in [9.17, 15) is 20.1 Å². The monoisotopic (exact) mass is 388 g/mol. The van der Waals surface area contributed by atoms with Crippen molar-refractivity contribution in [2.24, 2.45) is 4.99 Å². The fourth-order valence-electron chi connectivity index (χ4n) is 2.37. The predicted molar refractivity (Wildman–Crippen MR) is 95.0 cm³/mol. The normalized spacial score (nSPS) is 11.4. The number of aliphatic imine (C=N–C) groups is 1. The van der Waals surface area contributed by atoms with Crippen LogP contribution in [0.1, 0.15) is 11.1 Å². The van der Waals surface area contributed by atoms with Crippen LogP contribution in [0, 0.1) is 0 Å². The SMILES string of the molecule is O=c1[nH]c(O)c(C=NCc2cc(O)ccc2O)c2cc(Br)ccc12. The lowest BCUT2D eigenvalue weighted by molar-refractivity contribution is 0.452. The maximum Gasteiger partial charge on any atom is 0.258 e. The third-order valence-corrected chi connectivity index (χ3v) is 4.04. The van der Waals surface area contributed by atoms with Gasteiger partial charge in [-0.05, 0) is 36.4 Å². The summed E-state index contributed by atoms with van der Waals surface area (Å²) < 4.78 is 0.764. The Balaban J connectivity index is 2.02. The largest absolute Gasteiger partial charge is 0.508 e. The van der Waals surface area contributed by atoms with Crippen LogP contribution < -0.4 is 5.56 Å². The number of rotatable bonds is 3. The number of nitrogens with zero attached hydrogens (tertiary/aromatic N) is 1. The number of fused-ring (bicyclic) bond motifs is 1. The van der Waals surface area contributed by atoms with Crippen molar-refractivity contribution in [1.29, 1.82) is 0 Å². The molecule has 0 bridgehead atoms. The fourth-order valence-corrected chi connectivity index (χ4v) is 2.73. The zero-order valence-electron chi connectivity index (χ0n) is 12.3. The molecule has 3 rings (SSSR count). The molecular formula is C17H13BrN2O4. The molecule has 0 aliphatic rings. The van der Waals surface area contributed by atoms with Gasteiger partial charge in [0.05, 0.1) is 12.1 Å². The van der Waals surface area contributed by atoms with E-state index in [4.69, 9.17) is 0 Å². The van der Waals surface area contributed by atoms with Crippen molar-refractivity contribution in [1.82, 2.24) is 4.98 Å². The number of aromatic hydroxyl groups is 3. The standard InChI is InChI=1S/C17H13BrN2O4/c18-10-1-3-12-13(6-10)14(17(24)20-16(12)23)8-19-7-9-5-11(21)2-4-15(9)22/h1-6,8,21-22H,7H2,(H2,20,23,24). The molecule has 0 saturated heterocycles. The highest BCUT2D eigenvalue weighted by Gasteiger charge is 2.10. The number of phenols is 2. The molecule has 1 aromatic heterocycles. The number of nitrogens with one attached hydrogen (secondary N) is 1. The topological polar surface area (TPSA) is 106 Å². The molecule has 2 aromatic carbocycles. The summed E-state index contributed by atoms with van der Waals surface area (Å²) in [6, 6.07) is 9.27. The van der Waals surface area contributed by atoms with Gasteiger partial charge in [0, 0.05) is 27.0 Å². The minimum Gasteiger partial charge on any atom is -0.508 e. The number of hydrogen-bond donors (Lipinski definition) is 4. The van der Waals surface area contributed by atoms with E-state index >= 15 is 0 Å². The molecule has 122 valence electrons. The second-order valence-electron chi connectivity index (χ2n) is 5.19. The van der Waals surface area contributed by atoms with Gasteiger partial charge >= 0.3 is 0 Å². The summed E-state index contributed by atoms with van der Waals surface area (Å²) >= 11 is 3.34. The molecule has 6 nitrogen and oxygen atoms in total. The van der Waals surface area contributed by atoms with Gasteiger partial charge in [-0.2, -0.15) is 0 Å². The van der Waals surface area contributed by atoms with Gasteiger partial charge in [-0.15, -0.1) is 0 Å².